The first-order chi connectivity index (χ1) is 7.93. The molecular weight excluding hydrogens is 194 g/mol. The van der Waals surface area contributed by atoms with Crippen LogP contribution in [0.15, 0.2) is 48.5 Å². The van der Waals surface area contributed by atoms with E-state index in [1.807, 2.05) is 0 Å². The van der Waals surface area contributed by atoms with Crippen molar-refractivity contribution in [3.05, 3.63) is 64.5 Å². The summed E-state index contributed by atoms with van der Waals surface area (Å²) in [5, 5.41) is 6.28. The molecule has 0 saturated carbocycles. The molecule has 0 radical (unpaired) electrons. The van der Waals surface area contributed by atoms with E-state index in [0.29, 0.717) is 6.04 Å². The largest absolute Gasteiger partial charge is 0.374 e. The minimum Gasteiger partial charge on any atom is -0.374 e. The first-order valence-corrected chi connectivity index (χ1v) is 5.60. The van der Waals surface area contributed by atoms with Crippen molar-refractivity contribution in [2.24, 2.45) is 0 Å². The zero-order valence-electron chi connectivity index (χ0n) is 8.77. The second kappa shape index (κ2) is 2.76. The van der Waals surface area contributed by atoms with Gasteiger partial charge in [-0.05, 0) is 28.2 Å². The number of hydrogen-bond donors (Lipinski definition) is 1. The zero-order chi connectivity index (χ0) is 10.5. The number of benzene rings is 2. The highest BCUT2D eigenvalue weighted by atomic mass is 15.0. The van der Waals surface area contributed by atoms with Crippen LogP contribution in [0.2, 0.25) is 0 Å². The molecule has 4 rings (SSSR count). The van der Waals surface area contributed by atoms with Gasteiger partial charge >= 0.3 is 0 Å². The standard InChI is InChI=1S/C15H11N/c1-2-6-11-10(5-1)9-14-15(11)12-7-3-4-8-13(12)16-14/h1-9,14,16H. The summed E-state index contributed by atoms with van der Waals surface area (Å²) in [6.45, 7) is 0. The molecule has 0 aromatic heterocycles. The zero-order valence-corrected chi connectivity index (χ0v) is 8.77. The average Bonchev–Trinajstić information content (AvgIpc) is 2.83. The fourth-order valence-corrected chi connectivity index (χ4v) is 2.76. The van der Waals surface area contributed by atoms with Gasteiger partial charge in [0.05, 0.1) is 6.04 Å². The fourth-order valence-electron chi connectivity index (χ4n) is 2.76. The summed E-state index contributed by atoms with van der Waals surface area (Å²) in [7, 11) is 0. The Balaban J connectivity index is 2.16. The summed E-state index contributed by atoms with van der Waals surface area (Å²) < 4.78 is 0. The van der Waals surface area contributed by atoms with Gasteiger partial charge in [-0.3, -0.25) is 0 Å². The Bertz CT molecular complexity index is 697. The topological polar surface area (TPSA) is 12.0 Å². The summed E-state index contributed by atoms with van der Waals surface area (Å²) in [5.41, 5.74) is 4.05. The van der Waals surface area contributed by atoms with Crippen LogP contribution in [-0.4, -0.2) is 6.04 Å². The van der Waals surface area contributed by atoms with Crippen molar-refractivity contribution in [1.29, 1.82) is 0 Å². The first-order valence-electron chi connectivity index (χ1n) is 5.60. The van der Waals surface area contributed by atoms with Crippen molar-refractivity contribution in [2.75, 3.05) is 5.32 Å². The summed E-state index contributed by atoms with van der Waals surface area (Å²) >= 11 is 0. The van der Waals surface area contributed by atoms with Gasteiger partial charge in [0.25, 0.3) is 0 Å². The van der Waals surface area contributed by atoms with Gasteiger partial charge in [-0.15, -0.1) is 0 Å². The van der Waals surface area contributed by atoms with Gasteiger partial charge < -0.3 is 5.32 Å². The normalized spacial score (nSPS) is 19.5. The third-order valence-corrected chi connectivity index (χ3v) is 3.44. The van der Waals surface area contributed by atoms with Gasteiger partial charge in [0.15, 0.2) is 0 Å². The van der Waals surface area contributed by atoms with Crippen molar-refractivity contribution < 1.29 is 0 Å². The SMILES string of the molecule is C1=c2ccccc2=C2c3ccccc3NC12. The summed E-state index contributed by atoms with van der Waals surface area (Å²) in [6.07, 6.45) is 2.31. The maximum absolute atomic E-state index is 3.55. The maximum atomic E-state index is 3.55. The second-order valence-electron chi connectivity index (χ2n) is 4.34. The van der Waals surface area contributed by atoms with E-state index >= 15 is 0 Å². The number of hydrogen-bond acceptors (Lipinski definition) is 1. The van der Waals surface area contributed by atoms with Gasteiger partial charge in [0, 0.05) is 11.3 Å². The molecule has 16 heavy (non-hydrogen) atoms. The van der Waals surface area contributed by atoms with Crippen LogP contribution in [0.5, 0.6) is 0 Å². The lowest BCUT2D eigenvalue weighted by Crippen LogP contribution is -2.21. The Kier molecular flexibility index (Phi) is 1.41. The molecule has 76 valence electrons. The fraction of sp³-hybridized carbons (Fsp3) is 0.0667. The molecule has 0 amide bonds. The molecule has 1 aliphatic heterocycles. The van der Waals surface area contributed by atoms with E-state index in [2.05, 4.69) is 59.9 Å². The Morgan fingerprint density at radius 1 is 0.875 bits per heavy atom. The minimum atomic E-state index is 0.370. The van der Waals surface area contributed by atoms with E-state index in [4.69, 9.17) is 0 Å². The van der Waals surface area contributed by atoms with Crippen molar-refractivity contribution in [2.45, 2.75) is 6.04 Å². The van der Waals surface area contributed by atoms with E-state index < -0.39 is 0 Å². The Hall–Kier alpha value is -2.02. The second-order valence-corrected chi connectivity index (χ2v) is 4.34. The molecule has 1 N–H and O–H groups in total. The molecule has 1 nitrogen and oxygen atoms in total. The number of rotatable bonds is 0. The van der Waals surface area contributed by atoms with E-state index in [9.17, 15) is 0 Å². The van der Waals surface area contributed by atoms with Gasteiger partial charge in [0.2, 0.25) is 0 Å². The molecule has 1 heteroatoms. The van der Waals surface area contributed by atoms with Crippen molar-refractivity contribution >= 4 is 17.3 Å². The van der Waals surface area contributed by atoms with Crippen molar-refractivity contribution in [1.82, 2.24) is 0 Å². The molecule has 0 fully saturated rings. The monoisotopic (exact) mass is 205 g/mol. The molecule has 2 aromatic carbocycles. The highest BCUT2D eigenvalue weighted by molar-refractivity contribution is 5.92. The van der Waals surface area contributed by atoms with Crippen LogP contribution >= 0.6 is 0 Å². The van der Waals surface area contributed by atoms with Gasteiger partial charge in [-0.1, -0.05) is 42.5 Å². The van der Waals surface area contributed by atoms with Crippen LogP contribution in [0.3, 0.4) is 0 Å². The molecule has 1 heterocycles. The third kappa shape index (κ3) is 0.904. The first kappa shape index (κ1) is 8.17. The molecule has 2 aromatic rings. The Morgan fingerprint density at radius 2 is 1.69 bits per heavy atom. The molecule has 0 bridgehead atoms. The number of nitrogens with one attached hydrogen (secondary N) is 1. The number of anilines is 1. The summed E-state index contributed by atoms with van der Waals surface area (Å²) in [5.74, 6) is 0. The van der Waals surface area contributed by atoms with E-state index in [1.54, 1.807) is 0 Å². The van der Waals surface area contributed by atoms with Crippen LogP contribution in [-0.2, 0) is 0 Å². The number of fused-ring (bicyclic) bond motifs is 4. The smallest absolute Gasteiger partial charge is 0.0719 e. The van der Waals surface area contributed by atoms with Crippen LogP contribution in [0, 0.1) is 0 Å². The third-order valence-electron chi connectivity index (χ3n) is 3.44. The van der Waals surface area contributed by atoms with Crippen LogP contribution in [0.4, 0.5) is 5.69 Å². The van der Waals surface area contributed by atoms with Crippen LogP contribution in [0.1, 0.15) is 5.56 Å². The average molecular weight is 205 g/mol. The summed E-state index contributed by atoms with van der Waals surface area (Å²) in [4.78, 5) is 0. The van der Waals surface area contributed by atoms with Crippen molar-refractivity contribution in [3.63, 3.8) is 0 Å². The minimum absolute atomic E-state index is 0.370. The Labute approximate surface area is 93.7 Å². The molecular formula is C15H11N. The molecule has 0 spiro atoms. The van der Waals surface area contributed by atoms with Crippen LogP contribution in [0.25, 0.3) is 11.6 Å². The quantitative estimate of drug-likeness (QED) is 0.687. The van der Waals surface area contributed by atoms with E-state index in [1.165, 1.54) is 27.3 Å². The van der Waals surface area contributed by atoms with Gasteiger partial charge in [-0.2, -0.15) is 0 Å². The molecule has 1 atom stereocenters. The van der Waals surface area contributed by atoms with E-state index in [-0.39, 0.29) is 0 Å². The lowest BCUT2D eigenvalue weighted by molar-refractivity contribution is 1.26. The molecule has 2 aliphatic rings. The summed E-state index contributed by atoms with van der Waals surface area (Å²) in [6, 6.07) is 17.5. The predicted octanol–water partition coefficient (Wildman–Crippen LogP) is 1.47. The molecule has 1 aliphatic carbocycles. The van der Waals surface area contributed by atoms with E-state index in [0.717, 1.165) is 0 Å². The lowest BCUT2D eigenvalue weighted by Gasteiger charge is -2.02. The van der Waals surface area contributed by atoms with Gasteiger partial charge in [-0.25, -0.2) is 0 Å². The highest BCUT2D eigenvalue weighted by Gasteiger charge is 2.27. The van der Waals surface area contributed by atoms with Crippen LogP contribution < -0.4 is 15.8 Å². The number of para-hydroxylation sites is 1. The van der Waals surface area contributed by atoms with Gasteiger partial charge in [0.1, 0.15) is 0 Å². The molecule has 0 saturated heterocycles. The lowest BCUT2D eigenvalue weighted by atomic mass is 10.0. The van der Waals surface area contributed by atoms with Crippen molar-refractivity contribution in [3.8, 4) is 0 Å². The maximum Gasteiger partial charge on any atom is 0.0719 e. The Morgan fingerprint density at radius 3 is 2.69 bits per heavy atom. The molecule has 1 unspecified atom stereocenters. The predicted molar refractivity (Wildman–Crippen MR) is 66.5 cm³/mol. The highest BCUT2D eigenvalue weighted by Crippen LogP contribution is 2.34.